The molecule has 0 saturated heterocycles. The number of aromatic nitrogens is 1. The quantitative estimate of drug-likeness (QED) is 0.626. The first-order valence-corrected chi connectivity index (χ1v) is 4.66. The lowest BCUT2D eigenvalue weighted by atomic mass is 10.1. The molecule has 4 heteroatoms. The van der Waals surface area contributed by atoms with Crippen molar-refractivity contribution < 1.29 is 15.0 Å². The molecule has 0 radical (unpaired) electrons. The van der Waals surface area contributed by atoms with Gasteiger partial charge in [-0.3, -0.25) is 0 Å². The monoisotopic (exact) mass is 215 g/mol. The second kappa shape index (κ2) is 4.09. The van der Waals surface area contributed by atoms with E-state index in [2.05, 4.69) is 16.8 Å². The zero-order chi connectivity index (χ0) is 11.5. The number of benzene rings is 1. The van der Waals surface area contributed by atoms with E-state index >= 15 is 0 Å². The molecule has 0 bridgehead atoms. The predicted molar refractivity (Wildman–Crippen MR) is 59.2 cm³/mol. The van der Waals surface area contributed by atoms with Crippen molar-refractivity contribution in [2.75, 3.05) is 6.61 Å². The van der Waals surface area contributed by atoms with E-state index in [4.69, 9.17) is 10.2 Å². The maximum atomic E-state index is 10.9. The number of hydrogen-bond donors (Lipinski definition) is 3. The van der Waals surface area contributed by atoms with Crippen LogP contribution in [-0.4, -0.2) is 27.8 Å². The number of hydrogen-bond acceptors (Lipinski definition) is 2. The SMILES string of the molecule is O=C(O)c1c[nH]c2ccc(C#CCO)cc12. The number of rotatable bonds is 1. The van der Waals surface area contributed by atoms with E-state index in [9.17, 15) is 4.79 Å². The maximum absolute atomic E-state index is 10.9. The Kier molecular flexibility index (Phi) is 2.63. The molecule has 80 valence electrons. The minimum absolute atomic E-state index is 0.211. The van der Waals surface area contributed by atoms with Crippen molar-refractivity contribution in [3.63, 3.8) is 0 Å². The van der Waals surface area contributed by atoms with Crippen molar-refractivity contribution in [1.29, 1.82) is 0 Å². The highest BCUT2D eigenvalue weighted by Gasteiger charge is 2.09. The molecule has 0 aliphatic heterocycles. The van der Waals surface area contributed by atoms with Crippen molar-refractivity contribution in [2.24, 2.45) is 0 Å². The zero-order valence-electron chi connectivity index (χ0n) is 8.32. The number of nitrogens with one attached hydrogen (secondary N) is 1. The highest BCUT2D eigenvalue weighted by molar-refractivity contribution is 6.03. The summed E-state index contributed by atoms with van der Waals surface area (Å²) in [6.45, 7) is -0.211. The van der Waals surface area contributed by atoms with Crippen LogP contribution < -0.4 is 0 Å². The van der Waals surface area contributed by atoms with E-state index in [-0.39, 0.29) is 12.2 Å². The van der Waals surface area contributed by atoms with Crippen LogP contribution >= 0.6 is 0 Å². The van der Waals surface area contributed by atoms with Crippen LogP contribution in [0, 0.1) is 11.8 Å². The van der Waals surface area contributed by atoms with Gasteiger partial charge < -0.3 is 15.2 Å². The first-order valence-electron chi connectivity index (χ1n) is 4.66. The van der Waals surface area contributed by atoms with E-state index in [1.807, 2.05) is 0 Å². The van der Waals surface area contributed by atoms with E-state index in [0.29, 0.717) is 10.9 Å². The van der Waals surface area contributed by atoms with Crippen LogP contribution in [0.3, 0.4) is 0 Å². The molecule has 0 saturated carbocycles. The topological polar surface area (TPSA) is 73.3 Å². The van der Waals surface area contributed by atoms with Crippen molar-refractivity contribution in [3.8, 4) is 11.8 Å². The van der Waals surface area contributed by atoms with Crippen LogP contribution in [0.1, 0.15) is 15.9 Å². The Balaban J connectivity index is 2.58. The summed E-state index contributed by atoms with van der Waals surface area (Å²) in [5.74, 6) is 4.28. The fourth-order valence-electron chi connectivity index (χ4n) is 1.52. The van der Waals surface area contributed by atoms with Gasteiger partial charge in [0, 0.05) is 22.7 Å². The van der Waals surface area contributed by atoms with Gasteiger partial charge in [0.05, 0.1) is 5.56 Å². The molecule has 0 aliphatic rings. The molecule has 2 rings (SSSR count). The number of fused-ring (bicyclic) bond motifs is 1. The minimum atomic E-state index is -0.974. The van der Waals surface area contributed by atoms with Crippen molar-refractivity contribution >= 4 is 16.9 Å². The maximum Gasteiger partial charge on any atom is 0.337 e. The van der Waals surface area contributed by atoms with E-state index in [0.717, 1.165) is 5.52 Å². The van der Waals surface area contributed by atoms with Crippen molar-refractivity contribution in [1.82, 2.24) is 4.98 Å². The molecule has 3 N–H and O–H groups in total. The molecule has 0 amide bonds. The van der Waals surface area contributed by atoms with Gasteiger partial charge in [0.1, 0.15) is 6.61 Å². The highest BCUT2D eigenvalue weighted by atomic mass is 16.4. The van der Waals surface area contributed by atoms with E-state index < -0.39 is 5.97 Å². The third-order valence-corrected chi connectivity index (χ3v) is 2.22. The van der Waals surface area contributed by atoms with Crippen LogP contribution in [0.4, 0.5) is 0 Å². The molecular weight excluding hydrogens is 206 g/mol. The average Bonchev–Trinajstić information content (AvgIpc) is 2.69. The standard InChI is InChI=1S/C12H9NO3/c14-5-1-2-8-3-4-11-9(6-8)10(7-13-11)12(15)16/h3-4,6-7,13-14H,5H2,(H,15,16). The van der Waals surface area contributed by atoms with Gasteiger partial charge in [0.15, 0.2) is 0 Å². The van der Waals surface area contributed by atoms with Crippen LogP contribution in [0.2, 0.25) is 0 Å². The Hall–Kier alpha value is -2.25. The third-order valence-electron chi connectivity index (χ3n) is 2.22. The largest absolute Gasteiger partial charge is 0.478 e. The second-order valence-corrected chi connectivity index (χ2v) is 3.23. The molecule has 1 aromatic heterocycles. The molecular formula is C12H9NO3. The molecule has 2 aromatic rings. The Labute approximate surface area is 91.5 Å². The van der Waals surface area contributed by atoms with Crippen molar-refractivity contribution in [3.05, 3.63) is 35.5 Å². The van der Waals surface area contributed by atoms with Gasteiger partial charge in [-0.15, -0.1) is 0 Å². The number of H-pyrrole nitrogens is 1. The Morgan fingerprint density at radius 3 is 2.94 bits per heavy atom. The minimum Gasteiger partial charge on any atom is -0.478 e. The first-order chi connectivity index (χ1) is 7.72. The van der Waals surface area contributed by atoms with Gasteiger partial charge in [-0.25, -0.2) is 4.79 Å². The van der Waals surface area contributed by atoms with Crippen LogP contribution in [0.25, 0.3) is 10.9 Å². The van der Waals surface area contributed by atoms with E-state index in [1.54, 1.807) is 18.2 Å². The van der Waals surface area contributed by atoms with Gasteiger partial charge in [-0.2, -0.15) is 0 Å². The normalized spacial score (nSPS) is 9.81. The van der Waals surface area contributed by atoms with Gasteiger partial charge in [0.25, 0.3) is 0 Å². The molecule has 0 spiro atoms. The Morgan fingerprint density at radius 1 is 1.44 bits per heavy atom. The number of carboxylic acids is 1. The van der Waals surface area contributed by atoms with Crippen LogP contribution in [0.15, 0.2) is 24.4 Å². The van der Waals surface area contributed by atoms with Gasteiger partial charge >= 0.3 is 5.97 Å². The van der Waals surface area contributed by atoms with E-state index in [1.165, 1.54) is 6.20 Å². The number of carboxylic acid groups (broad SMARTS) is 1. The third kappa shape index (κ3) is 1.76. The summed E-state index contributed by atoms with van der Waals surface area (Å²) in [6.07, 6.45) is 1.45. The zero-order valence-corrected chi connectivity index (χ0v) is 8.32. The van der Waals surface area contributed by atoms with Crippen LogP contribution in [-0.2, 0) is 0 Å². The molecule has 1 aromatic carbocycles. The number of aliphatic hydroxyl groups excluding tert-OH is 1. The van der Waals surface area contributed by atoms with Gasteiger partial charge in [0.2, 0.25) is 0 Å². The molecule has 4 nitrogen and oxygen atoms in total. The average molecular weight is 215 g/mol. The molecule has 0 aliphatic carbocycles. The van der Waals surface area contributed by atoms with Gasteiger partial charge in [-0.1, -0.05) is 11.8 Å². The summed E-state index contributed by atoms with van der Waals surface area (Å²) < 4.78 is 0. The summed E-state index contributed by atoms with van der Waals surface area (Å²) in [6, 6.07) is 5.23. The summed E-state index contributed by atoms with van der Waals surface area (Å²) in [4.78, 5) is 13.8. The lowest BCUT2D eigenvalue weighted by Gasteiger charge is -1.94. The number of aliphatic hydroxyl groups is 1. The number of aromatic carboxylic acids is 1. The Bertz CT molecular complexity index is 601. The first kappa shape index (κ1) is 10.3. The second-order valence-electron chi connectivity index (χ2n) is 3.23. The predicted octanol–water partition coefficient (Wildman–Crippen LogP) is 1.21. The summed E-state index contributed by atoms with van der Waals surface area (Å²) >= 11 is 0. The smallest absolute Gasteiger partial charge is 0.337 e. The summed E-state index contributed by atoms with van der Waals surface area (Å²) in [7, 11) is 0. The lowest BCUT2D eigenvalue weighted by Crippen LogP contribution is -1.93. The summed E-state index contributed by atoms with van der Waals surface area (Å²) in [5.41, 5.74) is 1.67. The van der Waals surface area contributed by atoms with Crippen LogP contribution in [0.5, 0.6) is 0 Å². The fraction of sp³-hybridized carbons (Fsp3) is 0.0833. The number of carbonyl (C=O) groups is 1. The molecule has 0 atom stereocenters. The molecule has 1 heterocycles. The summed E-state index contributed by atoms with van der Waals surface area (Å²) in [5, 5.41) is 18.1. The molecule has 16 heavy (non-hydrogen) atoms. The fourth-order valence-corrected chi connectivity index (χ4v) is 1.52. The Morgan fingerprint density at radius 2 is 2.25 bits per heavy atom. The van der Waals surface area contributed by atoms with Gasteiger partial charge in [-0.05, 0) is 18.2 Å². The number of aromatic amines is 1. The lowest BCUT2D eigenvalue weighted by molar-refractivity contribution is 0.0699. The molecule has 0 fully saturated rings. The van der Waals surface area contributed by atoms with Crippen molar-refractivity contribution in [2.45, 2.75) is 0 Å². The molecule has 0 unspecified atom stereocenters. The highest BCUT2D eigenvalue weighted by Crippen LogP contribution is 2.19.